The molecule has 0 fully saturated rings. The van der Waals surface area contributed by atoms with Crippen molar-refractivity contribution in [1.82, 2.24) is 0 Å². The highest BCUT2D eigenvalue weighted by Crippen LogP contribution is 2.46. The van der Waals surface area contributed by atoms with Crippen molar-refractivity contribution in [2.75, 3.05) is 0 Å². The molecule has 1 aliphatic rings. The monoisotopic (exact) mass is 674 g/mol. The van der Waals surface area contributed by atoms with Crippen molar-refractivity contribution < 1.29 is 0 Å². The summed E-state index contributed by atoms with van der Waals surface area (Å²) < 4.78 is 0. The van der Waals surface area contributed by atoms with Gasteiger partial charge in [0.25, 0.3) is 0 Å². The van der Waals surface area contributed by atoms with Crippen molar-refractivity contribution in [2.45, 2.75) is 20.3 Å². The van der Waals surface area contributed by atoms with Gasteiger partial charge in [-0.15, -0.1) is 0 Å². The lowest BCUT2D eigenvalue weighted by Crippen LogP contribution is -1.92. The molecule has 0 aliphatic heterocycles. The fraction of sp³-hybridized carbons (Fsp3) is 0.0566. The molecule has 0 bridgehead atoms. The summed E-state index contributed by atoms with van der Waals surface area (Å²) in [6.45, 7) is 4.40. The Morgan fingerprint density at radius 2 is 0.698 bits per heavy atom. The Kier molecular flexibility index (Phi) is 7.44. The molecule has 0 atom stereocenters. The molecular weight excluding hydrogens is 637 g/mol. The zero-order valence-corrected chi connectivity index (χ0v) is 30.0. The lowest BCUT2D eigenvalue weighted by atomic mass is 9.85. The Balaban J connectivity index is 1.12. The fourth-order valence-electron chi connectivity index (χ4n) is 8.78. The average molecular weight is 675 g/mol. The van der Waals surface area contributed by atoms with Gasteiger partial charge in [0.15, 0.2) is 0 Å². The molecule has 0 unspecified atom stereocenters. The van der Waals surface area contributed by atoms with Gasteiger partial charge in [-0.05, 0) is 149 Å². The van der Waals surface area contributed by atoms with Gasteiger partial charge in [0, 0.05) is 0 Å². The second-order valence-electron chi connectivity index (χ2n) is 14.6. The zero-order valence-electron chi connectivity index (χ0n) is 30.0. The second kappa shape index (κ2) is 12.6. The summed E-state index contributed by atoms with van der Waals surface area (Å²) in [5.74, 6) is 0. The number of fused-ring (bicyclic) bond motifs is 5. The zero-order chi connectivity index (χ0) is 35.5. The molecule has 0 heteroatoms. The van der Waals surface area contributed by atoms with E-state index in [1.54, 1.807) is 0 Å². The van der Waals surface area contributed by atoms with Crippen LogP contribution in [0.3, 0.4) is 0 Å². The number of hydrogen-bond donors (Lipinski definition) is 0. The Morgan fingerprint density at radius 1 is 0.283 bits per heavy atom. The second-order valence-corrected chi connectivity index (χ2v) is 14.6. The van der Waals surface area contributed by atoms with Gasteiger partial charge in [-0.1, -0.05) is 164 Å². The van der Waals surface area contributed by atoms with Gasteiger partial charge in [-0.2, -0.15) is 0 Å². The summed E-state index contributed by atoms with van der Waals surface area (Å²) in [6, 6.07) is 67.6. The van der Waals surface area contributed by atoms with Crippen LogP contribution in [0.1, 0.15) is 22.3 Å². The molecule has 0 saturated carbocycles. The summed E-state index contributed by atoms with van der Waals surface area (Å²) in [5, 5.41) is 5.13. The molecule has 0 nitrogen and oxygen atoms in total. The molecule has 0 radical (unpaired) electrons. The Hall–Kier alpha value is -6.50. The molecule has 53 heavy (non-hydrogen) atoms. The Bertz CT molecular complexity index is 2750. The van der Waals surface area contributed by atoms with Crippen LogP contribution in [0.25, 0.3) is 88.3 Å². The lowest BCUT2D eigenvalue weighted by Gasteiger charge is -2.18. The SMILES string of the molecule is Cc1ccccc1-c1cc(-c2ccc(-c3c4ccccc4c(-c4ccc5c(c4)Cc4ccccc4-5)c4ccccc34)cc2)cc(-c2ccccc2C)c1. The van der Waals surface area contributed by atoms with Gasteiger partial charge in [-0.3, -0.25) is 0 Å². The van der Waals surface area contributed by atoms with E-state index in [9.17, 15) is 0 Å². The third-order valence-electron chi connectivity index (χ3n) is 11.4. The van der Waals surface area contributed by atoms with E-state index in [4.69, 9.17) is 0 Å². The highest BCUT2D eigenvalue weighted by atomic mass is 14.2. The summed E-state index contributed by atoms with van der Waals surface area (Å²) in [6.07, 6.45) is 0.986. The standard InChI is InChI=1S/C53H38/c1-34-13-3-6-16-44(34)41-31-40(32-42(33-41)45-17-7-4-14-35(45)2)36-23-25-37(26-24-36)52-48-19-9-11-21-50(48)53(51-22-12-10-20-49(51)52)39-27-28-47-43(30-39)29-38-15-5-8-18-46(38)47/h3-28,30-33H,29H2,1-2H3. The number of rotatable bonds is 5. The van der Waals surface area contributed by atoms with Crippen molar-refractivity contribution >= 4 is 21.5 Å². The maximum absolute atomic E-state index is 2.44. The first-order valence-electron chi connectivity index (χ1n) is 18.6. The third-order valence-corrected chi connectivity index (χ3v) is 11.4. The van der Waals surface area contributed by atoms with E-state index >= 15 is 0 Å². The van der Waals surface area contributed by atoms with Crippen molar-refractivity contribution in [3.8, 4) is 66.8 Å². The van der Waals surface area contributed by atoms with Crippen molar-refractivity contribution in [2.24, 2.45) is 0 Å². The summed E-state index contributed by atoms with van der Waals surface area (Å²) in [5.41, 5.74) is 20.7. The molecule has 0 heterocycles. The van der Waals surface area contributed by atoms with Crippen molar-refractivity contribution in [1.29, 1.82) is 0 Å². The first-order valence-corrected chi connectivity index (χ1v) is 18.6. The molecule has 1 aliphatic carbocycles. The fourth-order valence-corrected chi connectivity index (χ4v) is 8.78. The Morgan fingerprint density at radius 3 is 1.26 bits per heavy atom. The first kappa shape index (κ1) is 31.3. The van der Waals surface area contributed by atoms with Crippen molar-refractivity contribution in [3.05, 3.63) is 204 Å². The Labute approximate surface area is 311 Å². The number of aryl methyl sites for hydroxylation is 2. The minimum absolute atomic E-state index is 0.986. The summed E-state index contributed by atoms with van der Waals surface area (Å²) in [7, 11) is 0. The molecule has 9 aromatic rings. The molecule has 0 spiro atoms. The van der Waals surface area contributed by atoms with E-state index in [1.807, 2.05) is 0 Å². The van der Waals surface area contributed by atoms with Crippen LogP contribution in [0, 0.1) is 13.8 Å². The van der Waals surface area contributed by atoms with E-state index < -0.39 is 0 Å². The molecule has 0 saturated heterocycles. The van der Waals surface area contributed by atoms with Crippen LogP contribution in [0.15, 0.2) is 182 Å². The van der Waals surface area contributed by atoms with Crippen LogP contribution >= 0.6 is 0 Å². The maximum Gasteiger partial charge on any atom is -0.00132 e. The van der Waals surface area contributed by atoms with Crippen LogP contribution in [-0.2, 0) is 6.42 Å². The largest absolute Gasteiger partial charge is 0.0620 e. The smallest absolute Gasteiger partial charge is 0.00132 e. The van der Waals surface area contributed by atoms with Crippen molar-refractivity contribution in [3.63, 3.8) is 0 Å². The van der Waals surface area contributed by atoms with Gasteiger partial charge in [0.2, 0.25) is 0 Å². The van der Waals surface area contributed by atoms with E-state index in [-0.39, 0.29) is 0 Å². The highest BCUT2D eigenvalue weighted by Gasteiger charge is 2.21. The molecule has 250 valence electrons. The van der Waals surface area contributed by atoms with E-state index in [1.165, 1.54) is 111 Å². The van der Waals surface area contributed by atoms with Crippen LogP contribution in [0.2, 0.25) is 0 Å². The van der Waals surface area contributed by atoms with Gasteiger partial charge >= 0.3 is 0 Å². The van der Waals surface area contributed by atoms with Gasteiger partial charge < -0.3 is 0 Å². The van der Waals surface area contributed by atoms with Crippen LogP contribution in [0.4, 0.5) is 0 Å². The molecule has 9 aromatic carbocycles. The molecule has 10 rings (SSSR count). The number of hydrogen-bond acceptors (Lipinski definition) is 0. The summed E-state index contributed by atoms with van der Waals surface area (Å²) in [4.78, 5) is 0. The number of benzene rings is 9. The normalized spacial score (nSPS) is 11.9. The third kappa shape index (κ3) is 5.30. The van der Waals surface area contributed by atoms with Crippen LogP contribution in [-0.4, -0.2) is 0 Å². The average Bonchev–Trinajstić information content (AvgIpc) is 3.58. The highest BCUT2D eigenvalue weighted by molar-refractivity contribution is 6.21. The minimum atomic E-state index is 0.986. The quantitative estimate of drug-likeness (QED) is 0.159. The predicted octanol–water partition coefficient (Wildman–Crippen LogP) is 14.5. The van der Waals surface area contributed by atoms with Gasteiger partial charge in [0.05, 0.1) is 0 Å². The molecule has 0 amide bonds. The van der Waals surface area contributed by atoms with Crippen LogP contribution in [0.5, 0.6) is 0 Å². The predicted molar refractivity (Wildman–Crippen MR) is 226 cm³/mol. The molecule has 0 N–H and O–H groups in total. The van der Waals surface area contributed by atoms with E-state index in [2.05, 4.69) is 196 Å². The van der Waals surface area contributed by atoms with E-state index in [0.29, 0.717) is 0 Å². The first-order chi connectivity index (χ1) is 26.1. The van der Waals surface area contributed by atoms with Gasteiger partial charge in [-0.25, -0.2) is 0 Å². The van der Waals surface area contributed by atoms with E-state index in [0.717, 1.165) is 6.42 Å². The maximum atomic E-state index is 2.44. The topological polar surface area (TPSA) is 0 Å². The molecule has 0 aromatic heterocycles. The lowest BCUT2D eigenvalue weighted by molar-refractivity contribution is 1.26. The minimum Gasteiger partial charge on any atom is -0.0620 e. The molecular formula is C53H38. The van der Waals surface area contributed by atoms with Gasteiger partial charge in [0.1, 0.15) is 0 Å². The van der Waals surface area contributed by atoms with Crippen LogP contribution < -0.4 is 0 Å². The summed E-state index contributed by atoms with van der Waals surface area (Å²) >= 11 is 0.